The fourth-order valence-electron chi connectivity index (χ4n) is 2.94. The Hall–Kier alpha value is -2.80. The van der Waals surface area contributed by atoms with Gasteiger partial charge in [-0.25, -0.2) is 4.79 Å². The van der Waals surface area contributed by atoms with Crippen LogP contribution in [0.5, 0.6) is 0 Å². The van der Waals surface area contributed by atoms with Gasteiger partial charge in [0.05, 0.1) is 17.5 Å². The summed E-state index contributed by atoms with van der Waals surface area (Å²) in [5.41, 5.74) is 0.0706. The van der Waals surface area contributed by atoms with E-state index in [1.54, 1.807) is 12.1 Å². The summed E-state index contributed by atoms with van der Waals surface area (Å²) in [7, 11) is 0. The molecule has 0 spiro atoms. The number of urea groups is 1. The average Bonchev–Trinajstić information content (AvgIpc) is 2.60. The molecule has 3 rings (SSSR count). The van der Waals surface area contributed by atoms with Gasteiger partial charge in [-0.1, -0.05) is 30.3 Å². The molecule has 2 N–H and O–H groups in total. The van der Waals surface area contributed by atoms with E-state index in [9.17, 15) is 22.8 Å². The summed E-state index contributed by atoms with van der Waals surface area (Å²) >= 11 is 5.84. The molecule has 4 nitrogen and oxygen atoms in total. The SMILES string of the molecule is C=C1NC(=O)N[C@@H](c2ccc(C(F)(F)F)cc2)[C@@H]1C(=O)c1ccc(Cl)cc1. The molecule has 140 valence electrons. The summed E-state index contributed by atoms with van der Waals surface area (Å²) in [6.45, 7) is 3.74. The highest BCUT2D eigenvalue weighted by atomic mass is 35.5. The lowest BCUT2D eigenvalue weighted by atomic mass is 9.83. The van der Waals surface area contributed by atoms with Gasteiger partial charge in [-0.3, -0.25) is 4.79 Å². The number of alkyl halides is 3. The molecule has 1 saturated heterocycles. The number of rotatable bonds is 3. The van der Waals surface area contributed by atoms with Crippen LogP contribution < -0.4 is 10.6 Å². The van der Waals surface area contributed by atoms with Crippen LogP contribution >= 0.6 is 11.6 Å². The van der Waals surface area contributed by atoms with Crippen LogP contribution in [0.3, 0.4) is 0 Å². The Balaban J connectivity index is 1.97. The van der Waals surface area contributed by atoms with Crippen molar-refractivity contribution in [2.24, 2.45) is 5.92 Å². The van der Waals surface area contributed by atoms with Crippen LogP contribution in [0.1, 0.15) is 27.5 Å². The molecule has 0 radical (unpaired) electrons. The van der Waals surface area contributed by atoms with E-state index in [4.69, 9.17) is 11.6 Å². The molecule has 27 heavy (non-hydrogen) atoms. The van der Waals surface area contributed by atoms with Crippen LogP contribution in [0.25, 0.3) is 0 Å². The summed E-state index contributed by atoms with van der Waals surface area (Å²) in [6.07, 6.45) is -4.47. The summed E-state index contributed by atoms with van der Waals surface area (Å²) in [4.78, 5) is 24.8. The predicted octanol–water partition coefficient (Wildman–Crippen LogP) is 4.73. The van der Waals surface area contributed by atoms with E-state index in [-0.39, 0.29) is 11.5 Å². The minimum atomic E-state index is -4.47. The van der Waals surface area contributed by atoms with Crippen molar-refractivity contribution in [3.8, 4) is 0 Å². The highest BCUT2D eigenvalue weighted by Gasteiger charge is 2.38. The molecule has 1 fully saturated rings. The van der Waals surface area contributed by atoms with Crippen LogP contribution in [-0.4, -0.2) is 11.8 Å². The molecular formula is C19H14ClF3N2O2. The van der Waals surface area contributed by atoms with Gasteiger partial charge < -0.3 is 10.6 Å². The average molecular weight is 395 g/mol. The lowest BCUT2D eigenvalue weighted by molar-refractivity contribution is -0.137. The van der Waals surface area contributed by atoms with Gasteiger partial charge in [0.1, 0.15) is 0 Å². The number of ketones is 1. The van der Waals surface area contributed by atoms with Gasteiger partial charge in [0.2, 0.25) is 0 Å². The maximum atomic E-state index is 13.0. The first-order chi connectivity index (χ1) is 12.7. The van der Waals surface area contributed by atoms with Crippen LogP contribution in [0.4, 0.5) is 18.0 Å². The lowest BCUT2D eigenvalue weighted by Crippen LogP contribution is -2.50. The number of carbonyl (C=O) groups excluding carboxylic acids is 2. The third-order valence-electron chi connectivity index (χ3n) is 4.28. The van der Waals surface area contributed by atoms with Crippen LogP contribution in [0.2, 0.25) is 5.02 Å². The number of Topliss-reactive ketones (excluding diaryl/α,β-unsaturated/α-hetero) is 1. The zero-order valence-corrected chi connectivity index (χ0v) is 14.6. The smallest absolute Gasteiger partial charge is 0.330 e. The maximum Gasteiger partial charge on any atom is 0.416 e. The first-order valence-electron chi connectivity index (χ1n) is 7.90. The molecule has 2 aromatic rings. The van der Waals surface area contributed by atoms with Crippen LogP contribution in [0, 0.1) is 5.92 Å². The van der Waals surface area contributed by atoms with E-state index in [1.165, 1.54) is 24.3 Å². The van der Waals surface area contributed by atoms with Crippen molar-refractivity contribution in [3.63, 3.8) is 0 Å². The minimum absolute atomic E-state index is 0.170. The van der Waals surface area contributed by atoms with Gasteiger partial charge in [-0.05, 0) is 42.0 Å². The number of amides is 2. The largest absolute Gasteiger partial charge is 0.416 e. The van der Waals surface area contributed by atoms with Gasteiger partial charge in [-0.15, -0.1) is 0 Å². The summed E-state index contributed by atoms with van der Waals surface area (Å²) in [5, 5.41) is 5.51. The normalized spacial score (nSPS) is 20.0. The van der Waals surface area contributed by atoms with Crippen LogP contribution in [-0.2, 0) is 6.18 Å². The van der Waals surface area contributed by atoms with E-state index in [0.29, 0.717) is 16.1 Å². The van der Waals surface area contributed by atoms with E-state index in [1.807, 2.05) is 0 Å². The summed E-state index contributed by atoms with van der Waals surface area (Å²) in [5.74, 6) is -1.23. The Kier molecular flexibility index (Phi) is 4.97. The number of benzene rings is 2. The molecule has 1 aliphatic rings. The van der Waals surface area contributed by atoms with Crippen molar-refractivity contribution < 1.29 is 22.8 Å². The molecule has 2 aromatic carbocycles. The standard InChI is InChI=1S/C19H14ClF3N2O2/c1-10-15(17(26)12-4-8-14(20)9-5-12)16(25-18(27)24-10)11-2-6-13(7-3-11)19(21,22)23/h2-9,15-16H,1H2,(H2,24,25,27)/t15-,16+/m1/s1. The topological polar surface area (TPSA) is 58.2 Å². The molecular weight excluding hydrogens is 381 g/mol. The summed E-state index contributed by atoms with van der Waals surface area (Å²) in [6, 6.07) is 9.08. The van der Waals surface area contributed by atoms with E-state index in [0.717, 1.165) is 12.1 Å². The fourth-order valence-corrected chi connectivity index (χ4v) is 3.07. The van der Waals surface area contributed by atoms with E-state index in [2.05, 4.69) is 17.2 Å². The van der Waals surface area contributed by atoms with Gasteiger partial charge in [0.25, 0.3) is 0 Å². The molecule has 0 unspecified atom stereocenters. The Morgan fingerprint density at radius 2 is 1.63 bits per heavy atom. The zero-order chi connectivity index (χ0) is 19.8. The van der Waals surface area contributed by atoms with Crippen molar-refractivity contribution in [1.29, 1.82) is 0 Å². The highest BCUT2D eigenvalue weighted by Crippen LogP contribution is 2.35. The second-order valence-electron chi connectivity index (χ2n) is 6.07. The number of carbonyl (C=O) groups is 2. The molecule has 0 aromatic heterocycles. The molecule has 2 amide bonds. The monoisotopic (exact) mass is 394 g/mol. The van der Waals surface area contributed by atoms with Crippen molar-refractivity contribution in [2.45, 2.75) is 12.2 Å². The molecule has 8 heteroatoms. The van der Waals surface area contributed by atoms with Crippen molar-refractivity contribution in [3.05, 3.63) is 82.5 Å². The third-order valence-corrected chi connectivity index (χ3v) is 4.53. The second-order valence-corrected chi connectivity index (χ2v) is 6.51. The summed E-state index contributed by atoms with van der Waals surface area (Å²) < 4.78 is 38.4. The Bertz CT molecular complexity index is 893. The van der Waals surface area contributed by atoms with Crippen LogP contribution in [0.15, 0.2) is 60.8 Å². The third kappa shape index (κ3) is 3.98. The fraction of sp³-hybridized carbons (Fsp3) is 0.158. The number of nitrogens with one attached hydrogen (secondary N) is 2. The first kappa shape index (κ1) is 19.0. The lowest BCUT2D eigenvalue weighted by Gasteiger charge is -2.34. The Morgan fingerprint density at radius 1 is 1.04 bits per heavy atom. The maximum absolute atomic E-state index is 13.0. The van der Waals surface area contributed by atoms with Crippen molar-refractivity contribution in [2.75, 3.05) is 0 Å². The number of hydrogen-bond donors (Lipinski definition) is 2. The predicted molar refractivity (Wildman–Crippen MR) is 94.3 cm³/mol. The van der Waals surface area contributed by atoms with E-state index >= 15 is 0 Å². The molecule has 0 saturated carbocycles. The molecule has 0 bridgehead atoms. The minimum Gasteiger partial charge on any atom is -0.330 e. The molecule has 1 heterocycles. The van der Waals surface area contributed by atoms with Gasteiger partial charge in [-0.2, -0.15) is 13.2 Å². The number of halogens is 4. The van der Waals surface area contributed by atoms with Gasteiger partial charge >= 0.3 is 12.2 Å². The van der Waals surface area contributed by atoms with E-state index < -0.39 is 29.7 Å². The van der Waals surface area contributed by atoms with Gasteiger partial charge in [0.15, 0.2) is 5.78 Å². The zero-order valence-electron chi connectivity index (χ0n) is 13.8. The van der Waals surface area contributed by atoms with Crippen molar-refractivity contribution >= 4 is 23.4 Å². The first-order valence-corrected chi connectivity index (χ1v) is 8.28. The molecule has 0 aliphatic carbocycles. The Morgan fingerprint density at radius 3 is 2.19 bits per heavy atom. The number of hydrogen-bond acceptors (Lipinski definition) is 2. The highest BCUT2D eigenvalue weighted by molar-refractivity contribution is 6.30. The molecule has 2 atom stereocenters. The van der Waals surface area contributed by atoms with Gasteiger partial charge in [0, 0.05) is 16.3 Å². The second kappa shape index (κ2) is 7.08. The van der Waals surface area contributed by atoms with Crippen molar-refractivity contribution in [1.82, 2.24) is 10.6 Å². The quantitative estimate of drug-likeness (QED) is 0.740. The molecule has 1 aliphatic heterocycles. The Labute approximate surface area is 158 Å².